The Labute approximate surface area is 125 Å². The summed E-state index contributed by atoms with van der Waals surface area (Å²) < 4.78 is 15.2. The third-order valence-corrected chi connectivity index (χ3v) is 3.43. The van der Waals surface area contributed by atoms with Gasteiger partial charge in [-0.15, -0.1) is 0 Å². The van der Waals surface area contributed by atoms with Crippen LogP contribution < -0.4 is 5.56 Å². The summed E-state index contributed by atoms with van der Waals surface area (Å²) in [6, 6.07) is 12.9. The Hall–Kier alpha value is -2.82. The summed E-state index contributed by atoms with van der Waals surface area (Å²) in [5, 5.41) is -0.112. The smallest absolute Gasteiger partial charge is 0.269 e. The molecule has 4 nitrogen and oxygen atoms in total. The Bertz CT molecular complexity index is 917. The van der Waals surface area contributed by atoms with E-state index >= 15 is 0 Å². The molecular weight excluding hydrogens is 283 g/mol. The summed E-state index contributed by atoms with van der Waals surface area (Å²) >= 11 is 0. The Morgan fingerprint density at radius 3 is 2.55 bits per heavy atom. The standard InChI is InChI=1S/C17H13FN2O2/c1-2-14(21)16-19-13-10-6-9-12(18)15(13)17(22)20(16)11-7-4-3-5-8-11/h3-10H,2H2,1H3. The average molecular weight is 296 g/mol. The Morgan fingerprint density at radius 1 is 1.14 bits per heavy atom. The number of Topliss-reactive ketones (excluding diaryl/α,β-unsaturated/α-hetero) is 1. The van der Waals surface area contributed by atoms with Crippen LogP contribution in [0.15, 0.2) is 53.3 Å². The first-order valence-corrected chi connectivity index (χ1v) is 6.93. The number of halogens is 1. The number of carbonyl (C=O) groups is 1. The number of ketones is 1. The first-order valence-electron chi connectivity index (χ1n) is 6.93. The molecule has 0 unspecified atom stereocenters. The molecule has 5 heteroatoms. The van der Waals surface area contributed by atoms with Gasteiger partial charge in [-0.05, 0) is 24.3 Å². The quantitative estimate of drug-likeness (QED) is 0.698. The van der Waals surface area contributed by atoms with Crippen LogP contribution in [-0.4, -0.2) is 15.3 Å². The molecule has 0 amide bonds. The van der Waals surface area contributed by atoms with E-state index in [1.807, 2.05) is 0 Å². The van der Waals surface area contributed by atoms with Crippen LogP contribution in [0.1, 0.15) is 24.0 Å². The van der Waals surface area contributed by atoms with Crippen molar-refractivity contribution in [1.29, 1.82) is 0 Å². The van der Waals surface area contributed by atoms with E-state index in [0.29, 0.717) is 5.69 Å². The lowest BCUT2D eigenvalue weighted by Gasteiger charge is -2.12. The summed E-state index contributed by atoms with van der Waals surface area (Å²) in [7, 11) is 0. The minimum Gasteiger partial charge on any atom is -0.291 e. The van der Waals surface area contributed by atoms with Crippen LogP contribution in [0.25, 0.3) is 16.6 Å². The van der Waals surface area contributed by atoms with Gasteiger partial charge in [0.1, 0.15) is 11.2 Å². The molecule has 0 aliphatic carbocycles. The molecule has 0 atom stereocenters. The molecule has 0 radical (unpaired) electrons. The van der Waals surface area contributed by atoms with E-state index in [1.165, 1.54) is 22.8 Å². The lowest BCUT2D eigenvalue weighted by atomic mass is 10.2. The third kappa shape index (κ3) is 2.20. The number of nitrogens with zero attached hydrogens (tertiary/aromatic N) is 2. The fourth-order valence-corrected chi connectivity index (χ4v) is 2.35. The van der Waals surface area contributed by atoms with Crippen LogP contribution in [0.2, 0.25) is 0 Å². The number of carbonyl (C=O) groups excluding carboxylic acids is 1. The molecule has 1 heterocycles. The predicted octanol–water partition coefficient (Wildman–Crippen LogP) is 3.12. The molecule has 1 aromatic heterocycles. The zero-order valence-corrected chi connectivity index (χ0v) is 11.9. The van der Waals surface area contributed by atoms with Gasteiger partial charge >= 0.3 is 0 Å². The lowest BCUT2D eigenvalue weighted by Crippen LogP contribution is -2.27. The van der Waals surface area contributed by atoms with Crippen molar-refractivity contribution in [2.24, 2.45) is 0 Å². The van der Waals surface area contributed by atoms with Crippen LogP contribution >= 0.6 is 0 Å². The minimum atomic E-state index is -0.643. The van der Waals surface area contributed by atoms with Gasteiger partial charge in [0.25, 0.3) is 5.56 Å². The molecule has 110 valence electrons. The fraction of sp³-hybridized carbons (Fsp3) is 0.118. The number of aromatic nitrogens is 2. The third-order valence-electron chi connectivity index (χ3n) is 3.43. The SMILES string of the molecule is CCC(=O)c1nc2cccc(F)c2c(=O)n1-c1ccccc1. The van der Waals surface area contributed by atoms with Gasteiger partial charge in [0, 0.05) is 6.42 Å². The molecule has 0 aliphatic rings. The van der Waals surface area contributed by atoms with E-state index in [4.69, 9.17) is 0 Å². The number of hydrogen-bond donors (Lipinski definition) is 0. The Kier molecular flexibility index (Phi) is 3.55. The van der Waals surface area contributed by atoms with E-state index < -0.39 is 11.4 Å². The van der Waals surface area contributed by atoms with Crippen molar-refractivity contribution in [3.05, 3.63) is 70.5 Å². The number of para-hydroxylation sites is 1. The molecule has 2 aromatic carbocycles. The lowest BCUT2D eigenvalue weighted by molar-refractivity contribution is 0.0975. The number of hydrogen-bond acceptors (Lipinski definition) is 3. The molecule has 3 aromatic rings. The van der Waals surface area contributed by atoms with E-state index in [1.54, 1.807) is 37.3 Å². The maximum Gasteiger partial charge on any atom is 0.269 e. The fourth-order valence-electron chi connectivity index (χ4n) is 2.35. The van der Waals surface area contributed by atoms with E-state index in [9.17, 15) is 14.0 Å². The van der Waals surface area contributed by atoms with Crippen molar-refractivity contribution in [1.82, 2.24) is 9.55 Å². The molecular formula is C17H13FN2O2. The summed E-state index contributed by atoms with van der Waals surface area (Å²) in [6.07, 6.45) is 0.208. The molecule has 0 N–H and O–H groups in total. The maximum atomic E-state index is 14.0. The normalized spacial score (nSPS) is 10.8. The number of rotatable bonds is 3. The van der Waals surface area contributed by atoms with Crippen LogP contribution in [0.4, 0.5) is 4.39 Å². The average Bonchev–Trinajstić information content (AvgIpc) is 2.54. The first-order chi connectivity index (χ1) is 10.6. The second-order valence-electron chi connectivity index (χ2n) is 4.82. The molecule has 0 fully saturated rings. The van der Waals surface area contributed by atoms with Crippen molar-refractivity contribution in [2.75, 3.05) is 0 Å². The Balaban J connectivity index is 2.47. The van der Waals surface area contributed by atoms with Crippen molar-refractivity contribution >= 4 is 16.7 Å². The largest absolute Gasteiger partial charge is 0.291 e. The topological polar surface area (TPSA) is 52.0 Å². The Morgan fingerprint density at radius 2 is 1.86 bits per heavy atom. The molecule has 3 rings (SSSR count). The van der Waals surface area contributed by atoms with Gasteiger partial charge in [0.05, 0.1) is 11.2 Å². The summed E-state index contributed by atoms with van der Waals surface area (Å²) in [5.41, 5.74) is 0.0991. The highest BCUT2D eigenvalue weighted by Crippen LogP contribution is 2.16. The highest BCUT2D eigenvalue weighted by Gasteiger charge is 2.19. The summed E-state index contributed by atoms with van der Waals surface area (Å²) in [4.78, 5) is 29.1. The maximum absolute atomic E-state index is 14.0. The van der Waals surface area contributed by atoms with Gasteiger partial charge < -0.3 is 0 Å². The van der Waals surface area contributed by atoms with Gasteiger partial charge in [-0.1, -0.05) is 31.2 Å². The van der Waals surface area contributed by atoms with Crippen LogP contribution in [-0.2, 0) is 0 Å². The van der Waals surface area contributed by atoms with Gasteiger partial charge in [-0.3, -0.25) is 14.2 Å². The van der Waals surface area contributed by atoms with Crippen molar-refractivity contribution in [3.8, 4) is 5.69 Å². The monoisotopic (exact) mass is 296 g/mol. The predicted molar refractivity (Wildman–Crippen MR) is 81.9 cm³/mol. The van der Waals surface area contributed by atoms with Gasteiger partial charge in [-0.2, -0.15) is 0 Å². The summed E-state index contributed by atoms with van der Waals surface area (Å²) in [6.45, 7) is 1.69. The van der Waals surface area contributed by atoms with Gasteiger partial charge in [0.2, 0.25) is 0 Å². The zero-order valence-electron chi connectivity index (χ0n) is 11.9. The second kappa shape index (κ2) is 5.52. The van der Waals surface area contributed by atoms with E-state index in [2.05, 4.69) is 4.98 Å². The summed E-state index contributed by atoms with van der Waals surface area (Å²) in [5.74, 6) is -0.890. The zero-order chi connectivity index (χ0) is 15.7. The van der Waals surface area contributed by atoms with Gasteiger partial charge in [-0.25, -0.2) is 9.37 Å². The van der Waals surface area contributed by atoms with Crippen LogP contribution in [0, 0.1) is 5.82 Å². The molecule has 0 saturated carbocycles. The molecule has 0 spiro atoms. The molecule has 22 heavy (non-hydrogen) atoms. The van der Waals surface area contributed by atoms with Gasteiger partial charge in [0.15, 0.2) is 11.6 Å². The van der Waals surface area contributed by atoms with Crippen LogP contribution in [0.5, 0.6) is 0 Å². The van der Waals surface area contributed by atoms with Crippen molar-refractivity contribution in [3.63, 3.8) is 0 Å². The molecule has 0 bridgehead atoms. The second-order valence-corrected chi connectivity index (χ2v) is 4.82. The first kappa shape index (κ1) is 14.1. The number of benzene rings is 2. The van der Waals surface area contributed by atoms with Crippen molar-refractivity contribution < 1.29 is 9.18 Å². The highest BCUT2D eigenvalue weighted by molar-refractivity contribution is 5.95. The van der Waals surface area contributed by atoms with Crippen LogP contribution in [0.3, 0.4) is 0 Å². The molecule has 0 saturated heterocycles. The van der Waals surface area contributed by atoms with E-state index in [-0.39, 0.29) is 28.9 Å². The molecule has 0 aliphatic heterocycles. The van der Waals surface area contributed by atoms with Crippen molar-refractivity contribution in [2.45, 2.75) is 13.3 Å². The highest BCUT2D eigenvalue weighted by atomic mass is 19.1. The number of fused-ring (bicyclic) bond motifs is 1. The minimum absolute atomic E-state index is 0.0248. The van der Waals surface area contributed by atoms with E-state index in [0.717, 1.165) is 0 Å².